The molecule has 1 aromatic heterocycles. The molecular weight excluding hydrogens is 383 g/mol. The number of aryl methyl sites for hydroxylation is 2. The van der Waals surface area contributed by atoms with E-state index < -0.39 is 0 Å². The van der Waals surface area contributed by atoms with Crippen LogP contribution in [0.25, 0.3) is 11.3 Å². The van der Waals surface area contributed by atoms with Crippen molar-refractivity contribution < 1.29 is 14.0 Å². The van der Waals surface area contributed by atoms with Crippen molar-refractivity contribution in [2.45, 2.75) is 13.8 Å². The number of H-pyrrole nitrogens is 1. The lowest BCUT2D eigenvalue weighted by Gasteiger charge is -2.34. The smallest absolute Gasteiger partial charge is 0.272 e. The summed E-state index contributed by atoms with van der Waals surface area (Å²) in [5.41, 5.74) is 4.89. The predicted molar refractivity (Wildman–Crippen MR) is 112 cm³/mol. The summed E-state index contributed by atoms with van der Waals surface area (Å²) >= 11 is 0. The monoisotopic (exact) mass is 406 g/mol. The third-order valence-electron chi connectivity index (χ3n) is 5.41. The van der Waals surface area contributed by atoms with E-state index in [1.54, 1.807) is 15.9 Å². The first-order chi connectivity index (χ1) is 14.4. The van der Waals surface area contributed by atoms with Crippen LogP contribution >= 0.6 is 0 Å². The van der Waals surface area contributed by atoms with Crippen molar-refractivity contribution in [1.82, 2.24) is 20.0 Å². The molecular formula is C23H23FN4O2. The van der Waals surface area contributed by atoms with Gasteiger partial charge >= 0.3 is 0 Å². The number of aromatic amines is 1. The largest absolute Gasteiger partial charge is 0.335 e. The summed E-state index contributed by atoms with van der Waals surface area (Å²) in [6, 6.07) is 13.4. The summed E-state index contributed by atoms with van der Waals surface area (Å²) in [4.78, 5) is 28.8. The topological polar surface area (TPSA) is 69.3 Å². The Labute approximate surface area is 174 Å². The van der Waals surface area contributed by atoms with Gasteiger partial charge in [0.15, 0.2) is 0 Å². The fourth-order valence-electron chi connectivity index (χ4n) is 3.73. The number of carbonyl (C=O) groups is 2. The molecule has 0 atom stereocenters. The second kappa shape index (κ2) is 8.10. The molecule has 3 aromatic rings. The van der Waals surface area contributed by atoms with Crippen molar-refractivity contribution in [3.05, 3.63) is 76.7 Å². The quantitative estimate of drug-likeness (QED) is 0.725. The number of halogens is 1. The Balaban J connectivity index is 1.40. The molecule has 2 aromatic carbocycles. The van der Waals surface area contributed by atoms with Gasteiger partial charge in [-0.25, -0.2) is 4.39 Å². The summed E-state index contributed by atoms with van der Waals surface area (Å²) in [7, 11) is 0. The lowest BCUT2D eigenvalue weighted by molar-refractivity contribution is 0.0532. The highest BCUT2D eigenvalue weighted by Gasteiger charge is 2.26. The molecule has 154 valence electrons. The molecule has 1 aliphatic rings. The Morgan fingerprint density at radius 2 is 1.53 bits per heavy atom. The van der Waals surface area contributed by atoms with Crippen molar-refractivity contribution in [3.63, 3.8) is 0 Å². The zero-order valence-corrected chi connectivity index (χ0v) is 17.0. The molecule has 30 heavy (non-hydrogen) atoms. The van der Waals surface area contributed by atoms with Crippen LogP contribution in [-0.4, -0.2) is 58.0 Å². The fourth-order valence-corrected chi connectivity index (χ4v) is 3.73. The lowest BCUT2D eigenvalue weighted by Crippen LogP contribution is -2.50. The Bertz CT molecular complexity index is 1080. The van der Waals surface area contributed by atoms with Gasteiger partial charge in [0.2, 0.25) is 0 Å². The van der Waals surface area contributed by atoms with E-state index in [-0.39, 0.29) is 17.6 Å². The van der Waals surface area contributed by atoms with Gasteiger partial charge < -0.3 is 9.80 Å². The van der Waals surface area contributed by atoms with Crippen molar-refractivity contribution in [2.75, 3.05) is 26.2 Å². The Hall–Kier alpha value is -3.48. The summed E-state index contributed by atoms with van der Waals surface area (Å²) < 4.78 is 13.1. The number of hydrogen-bond donors (Lipinski definition) is 1. The molecule has 2 amide bonds. The molecule has 1 aliphatic heterocycles. The van der Waals surface area contributed by atoms with Crippen molar-refractivity contribution in [3.8, 4) is 11.3 Å². The van der Waals surface area contributed by atoms with Gasteiger partial charge in [-0.3, -0.25) is 14.7 Å². The number of amides is 2. The standard InChI is InChI=1S/C23H23FN4O2/c1-15-3-8-19(16(2)13-15)20-14-21(26-25-20)23(30)28-11-9-27(10-12-28)22(29)17-4-6-18(24)7-5-17/h3-8,13-14H,9-12H2,1-2H3,(H,25,26). The van der Waals surface area contributed by atoms with Crippen LogP contribution in [0, 0.1) is 19.7 Å². The molecule has 7 heteroatoms. The van der Waals surface area contributed by atoms with Gasteiger partial charge in [0, 0.05) is 37.3 Å². The molecule has 0 spiro atoms. The van der Waals surface area contributed by atoms with Gasteiger partial charge in [0.05, 0.1) is 5.69 Å². The van der Waals surface area contributed by atoms with Gasteiger partial charge in [0.1, 0.15) is 11.5 Å². The van der Waals surface area contributed by atoms with Gasteiger partial charge in [-0.15, -0.1) is 0 Å². The maximum Gasteiger partial charge on any atom is 0.272 e. The van der Waals surface area contributed by atoms with Crippen LogP contribution in [0.3, 0.4) is 0 Å². The van der Waals surface area contributed by atoms with Crippen LogP contribution in [0.15, 0.2) is 48.5 Å². The van der Waals surface area contributed by atoms with E-state index in [0.29, 0.717) is 37.4 Å². The zero-order valence-electron chi connectivity index (χ0n) is 17.0. The highest BCUT2D eigenvalue weighted by Crippen LogP contribution is 2.23. The van der Waals surface area contributed by atoms with Gasteiger partial charge in [-0.1, -0.05) is 23.8 Å². The average Bonchev–Trinajstić information content (AvgIpc) is 3.23. The van der Waals surface area contributed by atoms with Crippen LogP contribution in [0.1, 0.15) is 32.0 Å². The van der Waals surface area contributed by atoms with Gasteiger partial charge in [0.25, 0.3) is 11.8 Å². The van der Waals surface area contributed by atoms with E-state index >= 15 is 0 Å². The van der Waals surface area contributed by atoms with E-state index in [1.807, 2.05) is 26.0 Å². The minimum absolute atomic E-state index is 0.132. The zero-order chi connectivity index (χ0) is 21.3. The minimum Gasteiger partial charge on any atom is -0.335 e. The van der Waals surface area contributed by atoms with Crippen molar-refractivity contribution in [2.24, 2.45) is 0 Å². The molecule has 4 rings (SSSR count). The van der Waals surface area contributed by atoms with Crippen LogP contribution in [-0.2, 0) is 0 Å². The summed E-state index contributed by atoms with van der Waals surface area (Å²) in [6.45, 7) is 5.79. The van der Waals surface area contributed by atoms with E-state index in [4.69, 9.17) is 0 Å². The molecule has 0 saturated carbocycles. The molecule has 0 aliphatic carbocycles. The number of benzene rings is 2. The second-order valence-electron chi connectivity index (χ2n) is 7.58. The maximum absolute atomic E-state index is 13.1. The number of hydrogen-bond acceptors (Lipinski definition) is 3. The highest BCUT2D eigenvalue weighted by atomic mass is 19.1. The average molecular weight is 406 g/mol. The molecule has 6 nitrogen and oxygen atoms in total. The minimum atomic E-state index is -0.373. The normalized spacial score (nSPS) is 14.1. The van der Waals surface area contributed by atoms with Crippen LogP contribution in [0.2, 0.25) is 0 Å². The summed E-state index contributed by atoms with van der Waals surface area (Å²) in [5.74, 6) is -0.658. The van der Waals surface area contributed by atoms with Gasteiger partial charge in [-0.2, -0.15) is 5.10 Å². The number of rotatable bonds is 3. The molecule has 2 heterocycles. The summed E-state index contributed by atoms with van der Waals surface area (Å²) in [6.07, 6.45) is 0. The van der Waals surface area contributed by atoms with Crippen LogP contribution < -0.4 is 0 Å². The predicted octanol–water partition coefficient (Wildman–Crippen LogP) is 3.43. The Morgan fingerprint density at radius 1 is 0.900 bits per heavy atom. The van der Waals surface area contributed by atoms with E-state index in [2.05, 4.69) is 16.3 Å². The Morgan fingerprint density at radius 3 is 2.17 bits per heavy atom. The fraction of sp³-hybridized carbons (Fsp3) is 0.261. The van der Waals surface area contributed by atoms with Crippen LogP contribution in [0.5, 0.6) is 0 Å². The third kappa shape index (κ3) is 3.96. The molecule has 0 bridgehead atoms. The number of nitrogens with zero attached hydrogens (tertiary/aromatic N) is 3. The van der Waals surface area contributed by atoms with E-state index in [9.17, 15) is 14.0 Å². The first-order valence-electron chi connectivity index (χ1n) is 9.89. The Kier molecular flexibility index (Phi) is 5.35. The number of aromatic nitrogens is 2. The second-order valence-corrected chi connectivity index (χ2v) is 7.58. The first kappa shape index (κ1) is 19.8. The molecule has 1 saturated heterocycles. The van der Waals surface area contributed by atoms with E-state index in [1.165, 1.54) is 29.8 Å². The molecule has 0 radical (unpaired) electrons. The molecule has 1 fully saturated rings. The number of carbonyl (C=O) groups excluding carboxylic acids is 2. The lowest BCUT2D eigenvalue weighted by atomic mass is 10.0. The SMILES string of the molecule is Cc1ccc(-c2cc(C(=O)N3CCN(C(=O)c4ccc(F)cc4)CC3)[nH]n2)c(C)c1. The first-order valence-corrected chi connectivity index (χ1v) is 9.89. The highest BCUT2D eigenvalue weighted by molar-refractivity contribution is 5.95. The van der Waals surface area contributed by atoms with Crippen molar-refractivity contribution >= 4 is 11.8 Å². The van der Waals surface area contributed by atoms with E-state index in [0.717, 1.165) is 16.8 Å². The summed E-state index contributed by atoms with van der Waals surface area (Å²) in [5, 5.41) is 7.17. The maximum atomic E-state index is 13.1. The van der Waals surface area contributed by atoms with Crippen LogP contribution in [0.4, 0.5) is 4.39 Å². The molecule has 0 unspecified atom stereocenters. The number of nitrogens with one attached hydrogen (secondary N) is 1. The number of piperazine rings is 1. The van der Waals surface area contributed by atoms with Gasteiger partial charge in [-0.05, 0) is 49.7 Å². The third-order valence-corrected chi connectivity index (χ3v) is 5.41. The van der Waals surface area contributed by atoms with Crippen molar-refractivity contribution in [1.29, 1.82) is 0 Å². The molecule has 1 N–H and O–H groups in total.